The molecule has 2 aromatic carbocycles. The van der Waals surface area contributed by atoms with Crippen LogP contribution in [0, 0.1) is 0 Å². The fraction of sp³-hybridized carbons (Fsp3) is 0.462. The standard InChI is InChI=1S/C26H18F16O5/c1-3-13-4-6-14(7-5-13)10-17(44)15-8-9-16(12(2)43)18(11-15)45-20(28,29)19(27)46-26(41,42)22(32,24(36,37)38)47-25(39,40)21(30,31)23(33,34)35/h4-9,11,19H,3,10H2,1-2H3. The molecule has 0 saturated heterocycles. The second-order valence-electron chi connectivity index (χ2n) is 9.44. The number of rotatable bonds is 14. The van der Waals surface area contributed by atoms with E-state index in [0.717, 1.165) is 11.6 Å². The van der Waals surface area contributed by atoms with Crippen LogP contribution in [0.25, 0.3) is 0 Å². The van der Waals surface area contributed by atoms with Crippen molar-refractivity contribution in [2.75, 3.05) is 0 Å². The molecule has 0 aromatic heterocycles. The molecule has 0 heterocycles. The lowest BCUT2D eigenvalue weighted by atomic mass is 9.99. The number of Topliss-reactive ketones (excluding diaryl/α,β-unsaturated/α-hetero) is 2. The van der Waals surface area contributed by atoms with E-state index in [0.29, 0.717) is 31.0 Å². The van der Waals surface area contributed by atoms with Gasteiger partial charge in [0.15, 0.2) is 11.6 Å². The summed E-state index contributed by atoms with van der Waals surface area (Å²) in [5, 5.41) is 0. The third-order valence-corrected chi connectivity index (χ3v) is 5.97. The molecule has 264 valence electrons. The zero-order chi connectivity index (χ0) is 36.6. The summed E-state index contributed by atoms with van der Waals surface area (Å²) < 4.78 is 222. The maximum Gasteiger partial charge on any atom is 0.462 e. The van der Waals surface area contributed by atoms with E-state index in [4.69, 9.17) is 0 Å². The quantitative estimate of drug-likeness (QED) is 0.145. The predicted octanol–water partition coefficient (Wildman–Crippen LogP) is 8.79. The Kier molecular flexibility index (Phi) is 11.0. The largest absolute Gasteiger partial charge is 0.462 e. The van der Waals surface area contributed by atoms with Gasteiger partial charge in [0.05, 0.1) is 5.56 Å². The highest BCUT2D eigenvalue weighted by Gasteiger charge is 2.84. The molecular formula is C26H18F16O5. The Bertz CT molecular complexity index is 1440. The average molecular weight is 714 g/mol. The van der Waals surface area contributed by atoms with E-state index in [1.807, 2.05) is 6.92 Å². The predicted molar refractivity (Wildman–Crippen MR) is 124 cm³/mol. The van der Waals surface area contributed by atoms with E-state index in [1.165, 1.54) is 16.9 Å². The number of halogens is 16. The van der Waals surface area contributed by atoms with Gasteiger partial charge < -0.3 is 4.74 Å². The van der Waals surface area contributed by atoms with Gasteiger partial charge >= 0.3 is 48.8 Å². The van der Waals surface area contributed by atoms with Crippen LogP contribution in [0.4, 0.5) is 70.2 Å². The number of aryl methyl sites for hydroxylation is 1. The van der Waals surface area contributed by atoms with E-state index in [-0.39, 0.29) is 0 Å². The highest BCUT2D eigenvalue weighted by atomic mass is 19.4. The third kappa shape index (κ3) is 8.28. The summed E-state index contributed by atoms with van der Waals surface area (Å²) in [6.07, 6.45) is -42.0. The van der Waals surface area contributed by atoms with Crippen LogP contribution in [-0.2, 0) is 22.3 Å². The molecule has 0 amide bonds. The Morgan fingerprint density at radius 3 is 1.68 bits per heavy atom. The van der Waals surface area contributed by atoms with Crippen LogP contribution < -0.4 is 4.74 Å². The highest BCUT2D eigenvalue weighted by Crippen LogP contribution is 2.55. The number of benzene rings is 2. The van der Waals surface area contributed by atoms with Crippen molar-refractivity contribution in [3.8, 4) is 5.75 Å². The van der Waals surface area contributed by atoms with Gasteiger partial charge in [0, 0.05) is 12.0 Å². The molecule has 2 rings (SSSR count). The first-order valence-electron chi connectivity index (χ1n) is 12.3. The first-order valence-corrected chi connectivity index (χ1v) is 12.3. The molecule has 0 aliphatic rings. The lowest BCUT2D eigenvalue weighted by molar-refractivity contribution is -0.543. The number of hydrogen-bond donors (Lipinski definition) is 0. The summed E-state index contributed by atoms with van der Waals surface area (Å²) in [6, 6.07) is 8.11. The normalized spacial score (nSPS) is 15.6. The molecule has 5 nitrogen and oxygen atoms in total. The van der Waals surface area contributed by atoms with Crippen molar-refractivity contribution in [1.82, 2.24) is 0 Å². The van der Waals surface area contributed by atoms with Crippen LogP contribution in [0.1, 0.15) is 45.7 Å². The Balaban J connectivity index is 2.43. The summed E-state index contributed by atoms with van der Waals surface area (Å²) in [6.45, 7) is 2.49. The van der Waals surface area contributed by atoms with E-state index in [1.54, 1.807) is 12.1 Å². The molecule has 0 bridgehead atoms. The SMILES string of the molecule is CCc1ccc(CC(=O)c2ccc(C(C)=O)c(OC(F)(F)C(F)OC(F)(F)C(F)(OC(F)(F)C(F)(F)C(F)(F)F)C(F)(F)F)c2)cc1. The molecule has 0 aliphatic heterocycles. The molecule has 47 heavy (non-hydrogen) atoms. The summed E-state index contributed by atoms with van der Waals surface area (Å²) in [5.74, 6) is -19.2. The maximum atomic E-state index is 14.5. The first-order chi connectivity index (χ1) is 21.0. The summed E-state index contributed by atoms with van der Waals surface area (Å²) in [4.78, 5) is 24.5. The molecule has 0 saturated carbocycles. The lowest BCUT2D eigenvalue weighted by Crippen LogP contribution is -2.66. The Morgan fingerprint density at radius 1 is 0.723 bits per heavy atom. The van der Waals surface area contributed by atoms with Gasteiger partial charge in [-0.1, -0.05) is 37.3 Å². The first kappa shape index (κ1) is 39.6. The third-order valence-electron chi connectivity index (χ3n) is 5.97. The van der Waals surface area contributed by atoms with Crippen molar-refractivity contribution >= 4 is 11.6 Å². The number of carbonyl (C=O) groups excluding carboxylic acids is 2. The van der Waals surface area contributed by atoms with E-state index >= 15 is 0 Å². The molecule has 21 heteroatoms. The van der Waals surface area contributed by atoms with Crippen LogP contribution >= 0.6 is 0 Å². The molecule has 0 fully saturated rings. The lowest BCUT2D eigenvalue weighted by Gasteiger charge is -2.38. The second kappa shape index (κ2) is 13.1. The fourth-order valence-corrected chi connectivity index (χ4v) is 3.41. The zero-order valence-corrected chi connectivity index (χ0v) is 23.1. The molecule has 2 unspecified atom stereocenters. The number of hydrogen-bond acceptors (Lipinski definition) is 5. The van der Waals surface area contributed by atoms with Crippen LogP contribution in [0.5, 0.6) is 5.75 Å². The smallest absolute Gasteiger partial charge is 0.428 e. The highest BCUT2D eigenvalue weighted by molar-refractivity contribution is 6.01. The van der Waals surface area contributed by atoms with Crippen molar-refractivity contribution in [3.63, 3.8) is 0 Å². The Hall–Kier alpha value is -3.62. The van der Waals surface area contributed by atoms with Gasteiger partial charge in [0.25, 0.3) is 0 Å². The molecule has 2 atom stereocenters. The molecule has 0 aliphatic carbocycles. The Labute approximate surface area is 252 Å². The summed E-state index contributed by atoms with van der Waals surface area (Å²) in [5.41, 5.74) is -0.267. The molecule has 0 radical (unpaired) electrons. The van der Waals surface area contributed by atoms with E-state index in [2.05, 4.69) is 9.47 Å². The monoisotopic (exact) mass is 714 g/mol. The van der Waals surface area contributed by atoms with E-state index < -0.39 is 83.7 Å². The fourth-order valence-electron chi connectivity index (χ4n) is 3.41. The van der Waals surface area contributed by atoms with Gasteiger partial charge in [0.2, 0.25) is 0 Å². The van der Waals surface area contributed by atoms with Gasteiger partial charge in [-0.2, -0.15) is 65.9 Å². The number of alkyl halides is 16. The number of ether oxygens (including phenoxy) is 3. The minimum Gasteiger partial charge on any atom is -0.428 e. The van der Waals surface area contributed by atoms with Crippen molar-refractivity contribution in [1.29, 1.82) is 0 Å². The molecule has 0 N–H and O–H groups in total. The van der Waals surface area contributed by atoms with Crippen LogP contribution in [0.15, 0.2) is 42.5 Å². The minimum absolute atomic E-state index is 0.330. The van der Waals surface area contributed by atoms with Gasteiger partial charge in [-0.3, -0.25) is 19.1 Å². The number of carbonyl (C=O) groups is 2. The molecule has 2 aromatic rings. The molecule has 0 spiro atoms. The average Bonchev–Trinajstić information content (AvgIpc) is 2.91. The van der Waals surface area contributed by atoms with E-state index in [9.17, 15) is 79.8 Å². The van der Waals surface area contributed by atoms with Crippen molar-refractivity contribution in [3.05, 3.63) is 64.7 Å². The van der Waals surface area contributed by atoms with Gasteiger partial charge in [-0.05, 0) is 36.6 Å². The van der Waals surface area contributed by atoms with Gasteiger partial charge in [-0.15, -0.1) is 0 Å². The number of ketones is 2. The zero-order valence-electron chi connectivity index (χ0n) is 23.1. The van der Waals surface area contributed by atoms with Crippen LogP contribution in [0.2, 0.25) is 0 Å². The van der Waals surface area contributed by atoms with Crippen molar-refractivity contribution in [2.45, 2.75) is 75.5 Å². The van der Waals surface area contributed by atoms with Gasteiger partial charge in [-0.25, -0.2) is 4.39 Å². The van der Waals surface area contributed by atoms with Crippen molar-refractivity contribution < 1.29 is 94.0 Å². The van der Waals surface area contributed by atoms with Crippen molar-refractivity contribution in [2.24, 2.45) is 0 Å². The topological polar surface area (TPSA) is 61.8 Å². The van der Waals surface area contributed by atoms with Crippen LogP contribution in [0.3, 0.4) is 0 Å². The second-order valence-corrected chi connectivity index (χ2v) is 9.44. The summed E-state index contributed by atoms with van der Waals surface area (Å²) in [7, 11) is 0. The molecular weight excluding hydrogens is 696 g/mol. The maximum absolute atomic E-state index is 14.5. The minimum atomic E-state index is -7.86. The summed E-state index contributed by atoms with van der Waals surface area (Å²) >= 11 is 0. The van der Waals surface area contributed by atoms with Crippen LogP contribution in [-0.4, -0.2) is 60.4 Å². The Morgan fingerprint density at radius 2 is 1.23 bits per heavy atom. The van der Waals surface area contributed by atoms with Gasteiger partial charge in [0.1, 0.15) is 5.75 Å².